The molecule has 0 radical (unpaired) electrons. The molecule has 9 heteroatoms. The molecule has 1 amide bonds. The number of likely N-dealkylation sites (N-methyl/N-ethyl adjacent to an activating group) is 1. The number of carbonyl (C=O) groups excluding carboxylic acids is 1. The number of anilines is 2. The fourth-order valence-electron chi connectivity index (χ4n) is 3.40. The highest BCUT2D eigenvalue weighted by Crippen LogP contribution is 2.29. The molecule has 1 aromatic carbocycles. The van der Waals surface area contributed by atoms with Crippen molar-refractivity contribution in [1.29, 1.82) is 5.26 Å². The van der Waals surface area contributed by atoms with Crippen molar-refractivity contribution in [2.24, 2.45) is 0 Å². The van der Waals surface area contributed by atoms with Crippen LogP contribution in [0, 0.1) is 25.2 Å². The third-order valence-corrected chi connectivity index (χ3v) is 5.10. The maximum Gasteiger partial charge on any atom is 0.242 e. The number of hydrogen-bond acceptors (Lipinski definition) is 6. The molecule has 1 N–H and O–H groups in total. The minimum absolute atomic E-state index is 0.0156. The molecule has 0 aliphatic carbocycles. The molecule has 9 nitrogen and oxygen atoms in total. The van der Waals surface area contributed by atoms with E-state index in [4.69, 9.17) is 0 Å². The monoisotopic (exact) mass is 414 g/mol. The van der Waals surface area contributed by atoms with E-state index in [2.05, 4.69) is 26.5 Å². The molecule has 156 valence electrons. The second-order valence-corrected chi connectivity index (χ2v) is 7.43. The number of carbonyl (C=O) groups is 1. The molecule has 0 saturated carbocycles. The summed E-state index contributed by atoms with van der Waals surface area (Å²) in [6.07, 6.45) is 3.34. The Bertz CT molecular complexity index is 1330. The first-order chi connectivity index (χ1) is 14.9. The summed E-state index contributed by atoms with van der Waals surface area (Å²) in [6.45, 7) is 4.07. The largest absolute Gasteiger partial charge is 0.347 e. The van der Waals surface area contributed by atoms with Gasteiger partial charge >= 0.3 is 0 Å². The predicted octanol–water partition coefficient (Wildman–Crippen LogP) is 2.94. The first-order valence-electron chi connectivity index (χ1n) is 9.73. The van der Waals surface area contributed by atoms with Crippen LogP contribution in [0.4, 0.5) is 11.5 Å². The Morgan fingerprint density at radius 3 is 2.77 bits per heavy atom. The summed E-state index contributed by atoms with van der Waals surface area (Å²) in [5.41, 5.74) is 5.37. The van der Waals surface area contributed by atoms with Gasteiger partial charge in [0.05, 0.1) is 46.2 Å². The van der Waals surface area contributed by atoms with E-state index in [1.54, 1.807) is 52.9 Å². The summed E-state index contributed by atoms with van der Waals surface area (Å²) in [5, 5.41) is 17.2. The van der Waals surface area contributed by atoms with Gasteiger partial charge < -0.3 is 14.8 Å². The van der Waals surface area contributed by atoms with Gasteiger partial charge in [-0.05, 0) is 38.1 Å². The van der Waals surface area contributed by atoms with Gasteiger partial charge in [-0.25, -0.2) is 14.6 Å². The molecule has 0 saturated heterocycles. The van der Waals surface area contributed by atoms with Crippen LogP contribution in [0.25, 0.3) is 16.7 Å². The highest BCUT2D eigenvalue weighted by atomic mass is 16.2. The molecular weight excluding hydrogens is 392 g/mol. The lowest BCUT2D eigenvalue weighted by Crippen LogP contribution is -2.25. The minimum atomic E-state index is -0.0156. The number of imidazole rings is 1. The van der Waals surface area contributed by atoms with Gasteiger partial charge in [0.1, 0.15) is 12.1 Å². The first-order valence-corrected chi connectivity index (χ1v) is 9.73. The van der Waals surface area contributed by atoms with Crippen molar-refractivity contribution in [1.82, 2.24) is 29.2 Å². The molecule has 4 rings (SSSR count). The zero-order valence-corrected chi connectivity index (χ0v) is 17.8. The zero-order chi connectivity index (χ0) is 22.1. The van der Waals surface area contributed by atoms with Crippen LogP contribution >= 0.6 is 0 Å². The lowest BCUT2D eigenvalue weighted by molar-refractivity contribution is -0.129. The molecule has 0 bridgehead atoms. The molecule has 0 aliphatic heterocycles. The van der Waals surface area contributed by atoms with E-state index in [1.165, 1.54) is 0 Å². The molecule has 4 aromatic rings. The number of pyridine rings is 1. The summed E-state index contributed by atoms with van der Waals surface area (Å²) in [6, 6.07) is 11.3. The fourth-order valence-corrected chi connectivity index (χ4v) is 3.40. The number of nitrogens with one attached hydrogen (secondary N) is 1. The molecule has 0 spiro atoms. The van der Waals surface area contributed by atoms with Crippen molar-refractivity contribution in [3.8, 4) is 11.8 Å². The lowest BCUT2D eigenvalue weighted by atomic mass is 10.2. The maximum atomic E-state index is 12.1. The fraction of sp³-hybridized carbons (Fsp3) is 0.227. The Kier molecular flexibility index (Phi) is 5.13. The lowest BCUT2D eigenvalue weighted by Gasteiger charge is -2.11. The molecule has 0 atom stereocenters. The number of nitriles is 1. The number of hydrogen-bond donors (Lipinski definition) is 1. The average molecular weight is 414 g/mol. The predicted molar refractivity (Wildman–Crippen MR) is 117 cm³/mol. The molecular formula is C22H22N8O. The van der Waals surface area contributed by atoms with Crippen molar-refractivity contribution in [3.05, 3.63) is 59.8 Å². The summed E-state index contributed by atoms with van der Waals surface area (Å²) in [5.74, 6) is 0.572. The highest BCUT2D eigenvalue weighted by Gasteiger charge is 2.17. The van der Waals surface area contributed by atoms with Crippen LogP contribution in [0.2, 0.25) is 0 Å². The molecule has 3 heterocycles. The van der Waals surface area contributed by atoms with E-state index in [0.717, 1.165) is 28.3 Å². The minimum Gasteiger partial charge on any atom is -0.347 e. The number of benzene rings is 1. The third kappa shape index (κ3) is 3.71. The Hall–Kier alpha value is -4.19. The van der Waals surface area contributed by atoms with Gasteiger partial charge in [0.25, 0.3) is 0 Å². The van der Waals surface area contributed by atoms with Crippen molar-refractivity contribution in [2.75, 3.05) is 19.4 Å². The van der Waals surface area contributed by atoms with E-state index in [-0.39, 0.29) is 12.5 Å². The van der Waals surface area contributed by atoms with E-state index in [1.807, 2.05) is 32.0 Å². The number of nitrogens with zero attached hydrogens (tertiary/aromatic N) is 7. The summed E-state index contributed by atoms with van der Waals surface area (Å²) in [7, 11) is 3.46. The van der Waals surface area contributed by atoms with Crippen molar-refractivity contribution in [2.45, 2.75) is 20.4 Å². The van der Waals surface area contributed by atoms with Gasteiger partial charge in [0.15, 0.2) is 5.82 Å². The third-order valence-electron chi connectivity index (χ3n) is 5.10. The SMILES string of the molecule is Cc1nn(-c2cccc(C#N)c2)c(C)c1Nc1nccc2c1ncn2CC(=O)N(C)C. The van der Waals surface area contributed by atoms with Crippen LogP contribution in [0.5, 0.6) is 0 Å². The number of aryl methyl sites for hydroxylation is 1. The second-order valence-electron chi connectivity index (χ2n) is 7.43. The van der Waals surface area contributed by atoms with Gasteiger partial charge in [0.2, 0.25) is 5.91 Å². The van der Waals surface area contributed by atoms with Crippen molar-refractivity contribution >= 4 is 28.4 Å². The first kappa shape index (κ1) is 20.1. The van der Waals surface area contributed by atoms with Gasteiger partial charge in [-0.3, -0.25) is 4.79 Å². The standard InChI is InChI=1S/C22H22N8O/c1-14-20(15(2)30(27-14)17-7-5-6-16(10-17)11-23)26-22-21-18(8-9-24-22)29(13-25-21)12-19(31)28(3)4/h5-10,13H,12H2,1-4H3,(H,24,26). The van der Waals surface area contributed by atoms with Crippen LogP contribution < -0.4 is 5.32 Å². The summed E-state index contributed by atoms with van der Waals surface area (Å²) >= 11 is 0. The molecule has 0 aliphatic rings. The van der Waals surface area contributed by atoms with Crippen molar-refractivity contribution < 1.29 is 4.79 Å². The van der Waals surface area contributed by atoms with Crippen LogP contribution in [0.1, 0.15) is 17.0 Å². The molecule has 0 fully saturated rings. The van der Waals surface area contributed by atoms with Crippen LogP contribution in [0.3, 0.4) is 0 Å². The Morgan fingerprint density at radius 1 is 1.23 bits per heavy atom. The van der Waals surface area contributed by atoms with Crippen LogP contribution in [-0.4, -0.2) is 49.2 Å². The maximum absolute atomic E-state index is 12.1. The van der Waals surface area contributed by atoms with Gasteiger partial charge in [0, 0.05) is 20.3 Å². The Labute approximate surface area is 179 Å². The van der Waals surface area contributed by atoms with Gasteiger partial charge in [-0.1, -0.05) is 6.07 Å². The van der Waals surface area contributed by atoms with Gasteiger partial charge in [-0.2, -0.15) is 10.4 Å². The number of rotatable bonds is 5. The molecule has 31 heavy (non-hydrogen) atoms. The zero-order valence-electron chi connectivity index (χ0n) is 17.8. The quantitative estimate of drug-likeness (QED) is 0.538. The Balaban J connectivity index is 1.70. The second kappa shape index (κ2) is 7.91. The Morgan fingerprint density at radius 2 is 2.03 bits per heavy atom. The van der Waals surface area contributed by atoms with E-state index in [0.29, 0.717) is 16.9 Å². The normalized spacial score (nSPS) is 10.8. The van der Waals surface area contributed by atoms with Crippen molar-refractivity contribution in [3.63, 3.8) is 0 Å². The smallest absolute Gasteiger partial charge is 0.242 e. The number of fused-ring (bicyclic) bond motifs is 1. The van der Waals surface area contributed by atoms with E-state index < -0.39 is 0 Å². The highest BCUT2D eigenvalue weighted by molar-refractivity contribution is 5.89. The molecule has 3 aromatic heterocycles. The number of aromatic nitrogens is 5. The topological polar surface area (TPSA) is 105 Å². The van der Waals surface area contributed by atoms with Crippen LogP contribution in [-0.2, 0) is 11.3 Å². The van der Waals surface area contributed by atoms with E-state index in [9.17, 15) is 10.1 Å². The van der Waals surface area contributed by atoms with E-state index >= 15 is 0 Å². The molecule has 0 unspecified atom stereocenters. The average Bonchev–Trinajstić information content (AvgIpc) is 3.30. The van der Waals surface area contributed by atoms with Crippen LogP contribution in [0.15, 0.2) is 42.9 Å². The summed E-state index contributed by atoms with van der Waals surface area (Å²) in [4.78, 5) is 22.6. The van der Waals surface area contributed by atoms with Gasteiger partial charge in [-0.15, -0.1) is 0 Å². The summed E-state index contributed by atoms with van der Waals surface area (Å²) < 4.78 is 3.61. The number of amides is 1.